The minimum atomic E-state index is 0.0499. The maximum absolute atomic E-state index is 6.15. The molecule has 0 bridgehead atoms. The van der Waals surface area contributed by atoms with Crippen molar-refractivity contribution < 1.29 is 4.74 Å². The Morgan fingerprint density at radius 2 is 2.11 bits per heavy atom. The van der Waals surface area contributed by atoms with Crippen LogP contribution >= 0.6 is 0 Å². The maximum atomic E-state index is 6.15. The molecule has 3 heterocycles. The van der Waals surface area contributed by atoms with Crippen molar-refractivity contribution in [1.82, 2.24) is 19.7 Å². The zero-order chi connectivity index (χ0) is 13.5. The fraction of sp³-hybridized carbons (Fsp3) is 0.846. The second-order valence-corrected chi connectivity index (χ2v) is 5.96. The highest BCUT2D eigenvalue weighted by atomic mass is 16.5. The second kappa shape index (κ2) is 4.85. The Morgan fingerprint density at radius 1 is 1.37 bits per heavy atom. The van der Waals surface area contributed by atoms with E-state index in [1.807, 2.05) is 6.33 Å². The molecule has 0 saturated carbocycles. The van der Waals surface area contributed by atoms with E-state index in [0.717, 1.165) is 38.3 Å². The quantitative estimate of drug-likeness (QED) is 0.837. The third-order valence-electron chi connectivity index (χ3n) is 4.49. The molecule has 2 N–H and O–H groups in total. The first kappa shape index (κ1) is 13.0. The summed E-state index contributed by atoms with van der Waals surface area (Å²) in [6.07, 6.45) is 4.36. The molecule has 0 aliphatic carbocycles. The summed E-state index contributed by atoms with van der Waals surface area (Å²) in [5.74, 6) is 1.05. The van der Waals surface area contributed by atoms with E-state index in [1.54, 1.807) is 0 Å². The number of rotatable bonds is 2. The van der Waals surface area contributed by atoms with Gasteiger partial charge in [-0.25, -0.2) is 0 Å². The lowest BCUT2D eigenvalue weighted by molar-refractivity contribution is -0.109. The van der Waals surface area contributed by atoms with Gasteiger partial charge in [0.2, 0.25) is 0 Å². The average molecular weight is 265 g/mol. The van der Waals surface area contributed by atoms with Crippen molar-refractivity contribution in [2.24, 2.45) is 5.73 Å². The minimum absolute atomic E-state index is 0.0499. The van der Waals surface area contributed by atoms with Gasteiger partial charge in [0.15, 0.2) is 0 Å². The topological polar surface area (TPSA) is 69.2 Å². The highest BCUT2D eigenvalue weighted by Gasteiger charge is 2.43. The van der Waals surface area contributed by atoms with Crippen molar-refractivity contribution >= 4 is 0 Å². The molecule has 1 aromatic heterocycles. The molecule has 2 aliphatic heterocycles. The van der Waals surface area contributed by atoms with E-state index in [4.69, 9.17) is 10.5 Å². The molecule has 6 heteroatoms. The monoisotopic (exact) mass is 265 g/mol. The summed E-state index contributed by atoms with van der Waals surface area (Å²) in [6.45, 7) is 7.78. The van der Waals surface area contributed by atoms with Gasteiger partial charge in [-0.2, -0.15) is 0 Å². The number of aromatic nitrogens is 3. The van der Waals surface area contributed by atoms with Crippen LogP contribution < -0.4 is 5.73 Å². The van der Waals surface area contributed by atoms with Crippen LogP contribution in [0.2, 0.25) is 0 Å². The standard InChI is InChI=1S/C13H23N5O/c1-10-5-13(8-14,6-11(2)19-10)18-4-3-17-9-15-16-12(17)7-18/h9-11H,3-8,14H2,1-2H3. The van der Waals surface area contributed by atoms with Crippen LogP contribution in [0.4, 0.5) is 0 Å². The molecule has 2 unspecified atom stereocenters. The van der Waals surface area contributed by atoms with Gasteiger partial charge >= 0.3 is 0 Å². The van der Waals surface area contributed by atoms with Crippen LogP contribution in [0.3, 0.4) is 0 Å². The van der Waals surface area contributed by atoms with Crippen LogP contribution in [-0.2, 0) is 17.8 Å². The third kappa shape index (κ3) is 2.28. The third-order valence-corrected chi connectivity index (χ3v) is 4.49. The molecule has 106 valence electrons. The van der Waals surface area contributed by atoms with Crippen LogP contribution in [-0.4, -0.2) is 50.5 Å². The summed E-state index contributed by atoms with van der Waals surface area (Å²) in [4.78, 5) is 2.49. The number of fused-ring (bicyclic) bond motifs is 1. The Kier molecular flexibility index (Phi) is 3.32. The van der Waals surface area contributed by atoms with Gasteiger partial charge in [0.05, 0.1) is 18.8 Å². The summed E-state index contributed by atoms with van der Waals surface area (Å²) in [7, 11) is 0. The highest BCUT2D eigenvalue weighted by molar-refractivity contribution is 5.02. The largest absolute Gasteiger partial charge is 0.375 e. The normalized spacial score (nSPS) is 36.2. The van der Waals surface area contributed by atoms with Gasteiger partial charge in [0, 0.05) is 25.2 Å². The van der Waals surface area contributed by atoms with E-state index in [2.05, 4.69) is 33.5 Å². The summed E-state index contributed by atoms with van der Waals surface area (Å²) in [6, 6.07) is 0. The molecule has 0 spiro atoms. The molecule has 1 fully saturated rings. The molecule has 3 rings (SSSR count). The number of nitrogens with two attached hydrogens (primary N) is 1. The van der Waals surface area contributed by atoms with E-state index in [0.29, 0.717) is 6.54 Å². The first-order chi connectivity index (χ1) is 9.13. The van der Waals surface area contributed by atoms with Crippen LogP contribution in [0, 0.1) is 0 Å². The first-order valence-corrected chi connectivity index (χ1v) is 7.10. The van der Waals surface area contributed by atoms with Crippen molar-refractivity contribution in [2.45, 2.75) is 57.5 Å². The minimum Gasteiger partial charge on any atom is -0.375 e. The summed E-state index contributed by atoms with van der Waals surface area (Å²) in [5, 5.41) is 8.20. The van der Waals surface area contributed by atoms with E-state index in [1.165, 1.54) is 0 Å². The van der Waals surface area contributed by atoms with Crippen molar-refractivity contribution in [3.63, 3.8) is 0 Å². The van der Waals surface area contributed by atoms with Crippen LogP contribution in [0.15, 0.2) is 6.33 Å². The number of hydrogen-bond acceptors (Lipinski definition) is 5. The van der Waals surface area contributed by atoms with Gasteiger partial charge in [-0.3, -0.25) is 4.90 Å². The SMILES string of the molecule is CC1CC(CN)(N2CCn3cnnc3C2)CC(C)O1. The van der Waals surface area contributed by atoms with Crippen molar-refractivity contribution in [3.05, 3.63) is 12.2 Å². The molecule has 0 aromatic carbocycles. The lowest BCUT2D eigenvalue weighted by atomic mass is 9.82. The number of nitrogens with zero attached hydrogens (tertiary/aromatic N) is 4. The van der Waals surface area contributed by atoms with Gasteiger partial charge in [-0.05, 0) is 26.7 Å². The Balaban J connectivity index is 1.83. The average Bonchev–Trinajstić information content (AvgIpc) is 2.84. The highest BCUT2D eigenvalue weighted by Crippen LogP contribution is 2.35. The Bertz CT molecular complexity index is 436. The zero-order valence-corrected chi connectivity index (χ0v) is 11.7. The summed E-state index contributed by atoms with van der Waals surface area (Å²) < 4.78 is 8.00. The molecule has 2 aliphatic rings. The molecule has 0 radical (unpaired) electrons. The van der Waals surface area contributed by atoms with E-state index in [9.17, 15) is 0 Å². The van der Waals surface area contributed by atoms with Gasteiger partial charge in [-0.1, -0.05) is 0 Å². The van der Waals surface area contributed by atoms with Gasteiger partial charge < -0.3 is 15.0 Å². The van der Waals surface area contributed by atoms with Crippen molar-refractivity contribution in [2.75, 3.05) is 13.1 Å². The van der Waals surface area contributed by atoms with E-state index in [-0.39, 0.29) is 17.7 Å². The molecule has 6 nitrogen and oxygen atoms in total. The molecular weight excluding hydrogens is 242 g/mol. The van der Waals surface area contributed by atoms with E-state index >= 15 is 0 Å². The summed E-state index contributed by atoms with van der Waals surface area (Å²) >= 11 is 0. The van der Waals surface area contributed by atoms with E-state index < -0.39 is 0 Å². The van der Waals surface area contributed by atoms with Gasteiger partial charge in [0.25, 0.3) is 0 Å². The van der Waals surface area contributed by atoms with Gasteiger partial charge in [0.1, 0.15) is 12.2 Å². The fourth-order valence-corrected chi connectivity index (χ4v) is 3.67. The van der Waals surface area contributed by atoms with Crippen LogP contribution in [0.25, 0.3) is 0 Å². The molecule has 19 heavy (non-hydrogen) atoms. The van der Waals surface area contributed by atoms with Crippen LogP contribution in [0.5, 0.6) is 0 Å². The zero-order valence-electron chi connectivity index (χ0n) is 11.7. The Hall–Kier alpha value is -0.980. The van der Waals surface area contributed by atoms with Crippen LogP contribution in [0.1, 0.15) is 32.5 Å². The summed E-state index contributed by atoms with van der Waals surface area (Å²) in [5.41, 5.74) is 6.20. The van der Waals surface area contributed by atoms with Gasteiger partial charge in [-0.15, -0.1) is 10.2 Å². The fourth-order valence-electron chi connectivity index (χ4n) is 3.67. The molecule has 0 amide bonds. The van der Waals surface area contributed by atoms with Crippen molar-refractivity contribution in [1.29, 1.82) is 0 Å². The second-order valence-electron chi connectivity index (χ2n) is 5.96. The predicted molar refractivity (Wildman–Crippen MR) is 71.5 cm³/mol. The predicted octanol–water partition coefficient (Wildman–Crippen LogP) is 0.379. The molecular formula is C13H23N5O. The Labute approximate surface area is 113 Å². The van der Waals surface area contributed by atoms with Crippen molar-refractivity contribution in [3.8, 4) is 0 Å². The molecule has 2 atom stereocenters. The first-order valence-electron chi connectivity index (χ1n) is 7.10. The molecule has 1 aromatic rings. The molecule has 1 saturated heterocycles. The number of ether oxygens (including phenoxy) is 1. The Morgan fingerprint density at radius 3 is 2.79 bits per heavy atom. The lowest BCUT2D eigenvalue weighted by Crippen LogP contribution is -2.61. The maximum Gasteiger partial charge on any atom is 0.147 e. The smallest absolute Gasteiger partial charge is 0.147 e. The number of hydrogen-bond donors (Lipinski definition) is 1. The lowest BCUT2D eigenvalue weighted by Gasteiger charge is -2.50.